The lowest BCUT2D eigenvalue weighted by atomic mass is 9.86. The van der Waals surface area contributed by atoms with E-state index in [0.717, 1.165) is 4.90 Å². The lowest BCUT2D eigenvalue weighted by molar-refractivity contribution is -0.203. The molecule has 7 heteroatoms. The van der Waals surface area contributed by atoms with Crippen molar-refractivity contribution in [1.82, 2.24) is 4.90 Å². The molecule has 0 aromatic rings. The predicted molar refractivity (Wildman–Crippen MR) is 62.5 cm³/mol. The van der Waals surface area contributed by atoms with Crippen LogP contribution in [-0.2, 0) is 4.74 Å². The van der Waals surface area contributed by atoms with Crippen molar-refractivity contribution in [2.75, 3.05) is 19.7 Å². The zero-order valence-corrected chi connectivity index (χ0v) is 11.3. The fourth-order valence-electron chi connectivity index (χ4n) is 2.08. The topological polar surface area (TPSA) is 49.8 Å². The number of hydrogen-bond acceptors (Lipinski definition) is 3. The average Bonchev–Trinajstić information content (AvgIpc) is 2.24. The third-order valence-corrected chi connectivity index (χ3v) is 3.06. The van der Waals surface area contributed by atoms with Crippen molar-refractivity contribution in [1.29, 1.82) is 0 Å². The maximum absolute atomic E-state index is 12.9. The van der Waals surface area contributed by atoms with E-state index in [1.165, 1.54) is 0 Å². The highest BCUT2D eigenvalue weighted by Crippen LogP contribution is 2.37. The highest BCUT2D eigenvalue weighted by molar-refractivity contribution is 5.68. The number of amides is 1. The van der Waals surface area contributed by atoms with E-state index in [1.807, 2.05) is 0 Å². The van der Waals surface area contributed by atoms with Gasteiger partial charge in [-0.3, -0.25) is 0 Å². The van der Waals surface area contributed by atoms with Gasteiger partial charge in [0.1, 0.15) is 5.60 Å². The molecule has 1 N–H and O–H groups in total. The summed E-state index contributed by atoms with van der Waals surface area (Å²) in [6.45, 7) is 4.18. The smallest absolute Gasteiger partial charge is 0.410 e. The summed E-state index contributed by atoms with van der Waals surface area (Å²) in [5.74, 6) is -2.54. The number of nitrogens with zero attached hydrogens (tertiary/aromatic N) is 1. The molecule has 0 aromatic carbocycles. The first-order valence-electron chi connectivity index (χ1n) is 6.20. The van der Waals surface area contributed by atoms with E-state index >= 15 is 0 Å². The Morgan fingerprint density at radius 1 is 1.37 bits per heavy atom. The van der Waals surface area contributed by atoms with Gasteiger partial charge in [0.25, 0.3) is 0 Å². The second kappa shape index (κ2) is 5.56. The highest BCUT2D eigenvalue weighted by Gasteiger charge is 2.48. The Morgan fingerprint density at radius 3 is 2.37 bits per heavy atom. The molecule has 0 bridgehead atoms. The van der Waals surface area contributed by atoms with Crippen LogP contribution in [0.5, 0.6) is 0 Å². The zero-order chi connectivity index (χ0) is 14.8. The molecule has 112 valence electrons. The fraction of sp³-hybridized carbons (Fsp3) is 0.917. The van der Waals surface area contributed by atoms with Crippen molar-refractivity contribution >= 4 is 6.09 Å². The van der Waals surface area contributed by atoms with Crippen LogP contribution in [-0.4, -0.2) is 47.6 Å². The number of carbonyl (C=O) groups is 1. The van der Waals surface area contributed by atoms with E-state index in [-0.39, 0.29) is 13.0 Å². The quantitative estimate of drug-likeness (QED) is 0.804. The maximum atomic E-state index is 12.9. The van der Waals surface area contributed by atoms with Crippen LogP contribution in [0.3, 0.4) is 0 Å². The number of alkyl halides is 3. The molecule has 1 aliphatic heterocycles. The molecule has 0 saturated carbocycles. The summed E-state index contributed by atoms with van der Waals surface area (Å²) >= 11 is 0. The van der Waals surface area contributed by atoms with E-state index in [9.17, 15) is 18.0 Å². The van der Waals surface area contributed by atoms with Crippen LogP contribution >= 0.6 is 0 Å². The average molecular weight is 283 g/mol. The van der Waals surface area contributed by atoms with Crippen molar-refractivity contribution in [2.24, 2.45) is 11.8 Å². The van der Waals surface area contributed by atoms with E-state index in [4.69, 9.17) is 9.84 Å². The molecule has 1 heterocycles. The first-order chi connectivity index (χ1) is 8.54. The largest absolute Gasteiger partial charge is 0.444 e. The van der Waals surface area contributed by atoms with Gasteiger partial charge in [-0.15, -0.1) is 0 Å². The summed E-state index contributed by atoms with van der Waals surface area (Å²) in [6, 6.07) is 0. The van der Waals surface area contributed by atoms with Crippen molar-refractivity contribution in [2.45, 2.75) is 39.0 Å². The molecule has 0 unspecified atom stereocenters. The molecule has 0 aliphatic carbocycles. The van der Waals surface area contributed by atoms with E-state index in [0.29, 0.717) is 0 Å². The molecule has 0 aromatic heterocycles. The number of aliphatic hydroxyl groups excluding tert-OH is 1. The molecule has 1 aliphatic rings. The van der Waals surface area contributed by atoms with E-state index in [2.05, 4.69) is 0 Å². The minimum absolute atomic E-state index is 0.125. The summed E-state index contributed by atoms with van der Waals surface area (Å²) in [4.78, 5) is 12.8. The van der Waals surface area contributed by atoms with Gasteiger partial charge in [-0.25, -0.2) is 4.79 Å². The summed E-state index contributed by atoms with van der Waals surface area (Å²) < 4.78 is 43.7. The van der Waals surface area contributed by atoms with Crippen LogP contribution in [0.25, 0.3) is 0 Å². The number of hydrogen-bond donors (Lipinski definition) is 1. The van der Waals surface area contributed by atoms with Crippen LogP contribution < -0.4 is 0 Å². The molecule has 19 heavy (non-hydrogen) atoms. The predicted octanol–water partition coefficient (Wildman–Crippen LogP) is 2.41. The van der Waals surface area contributed by atoms with E-state index < -0.39 is 42.9 Å². The molecule has 0 radical (unpaired) electrons. The molecule has 1 rings (SSSR count). The Bertz CT molecular complexity index is 325. The normalized spacial score (nSPS) is 25.3. The zero-order valence-electron chi connectivity index (χ0n) is 11.3. The molecular formula is C12H20F3NO3. The number of halogens is 3. The third-order valence-electron chi connectivity index (χ3n) is 3.06. The van der Waals surface area contributed by atoms with Crippen LogP contribution in [0.4, 0.5) is 18.0 Å². The third kappa shape index (κ3) is 4.56. The number of aliphatic hydroxyl groups is 1. The first kappa shape index (κ1) is 16.1. The SMILES string of the molecule is CC(C)(C)OC(=O)N1CC[C@@H](CO)[C@@H](C(F)(F)F)C1. The van der Waals surface area contributed by atoms with Gasteiger partial charge >= 0.3 is 12.3 Å². The lowest BCUT2D eigenvalue weighted by Crippen LogP contribution is -2.50. The van der Waals surface area contributed by atoms with Crippen LogP contribution in [0.15, 0.2) is 0 Å². The Kier molecular flexibility index (Phi) is 4.71. The first-order valence-corrected chi connectivity index (χ1v) is 6.20. The van der Waals surface area contributed by atoms with Gasteiger partial charge < -0.3 is 14.7 Å². The second-order valence-corrected chi connectivity index (χ2v) is 5.81. The van der Waals surface area contributed by atoms with Gasteiger partial charge in [0.05, 0.1) is 5.92 Å². The number of rotatable bonds is 1. The lowest BCUT2D eigenvalue weighted by Gasteiger charge is -2.39. The Labute approximate surface area is 110 Å². The molecule has 1 saturated heterocycles. The minimum atomic E-state index is -4.42. The van der Waals surface area contributed by atoms with Gasteiger partial charge in [-0.05, 0) is 33.1 Å². The number of likely N-dealkylation sites (tertiary alicyclic amines) is 1. The van der Waals surface area contributed by atoms with Gasteiger partial charge in [-0.1, -0.05) is 0 Å². The van der Waals surface area contributed by atoms with Gasteiger partial charge in [0.2, 0.25) is 0 Å². The number of piperidine rings is 1. The Balaban J connectivity index is 2.72. The summed E-state index contributed by atoms with van der Waals surface area (Å²) in [5.41, 5.74) is -0.737. The minimum Gasteiger partial charge on any atom is -0.444 e. The molecule has 0 spiro atoms. The summed E-state index contributed by atoms with van der Waals surface area (Å²) in [5, 5.41) is 9.00. The molecule has 1 amide bonds. The molecule has 4 nitrogen and oxygen atoms in total. The number of carbonyl (C=O) groups excluding carboxylic acids is 1. The van der Waals surface area contributed by atoms with Gasteiger partial charge in [0, 0.05) is 19.7 Å². The molecule has 2 atom stereocenters. The van der Waals surface area contributed by atoms with Crippen LogP contribution in [0, 0.1) is 11.8 Å². The molecular weight excluding hydrogens is 263 g/mol. The monoisotopic (exact) mass is 283 g/mol. The standard InChI is InChI=1S/C12H20F3NO3/c1-11(2,3)19-10(18)16-5-4-8(7-17)9(6-16)12(13,14)15/h8-9,17H,4-7H2,1-3H3/t8-,9-/m0/s1. The number of ether oxygens (including phenoxy) is 1. The van der Waals surface area contributed by atoms with Crippen molar-refractivity contribution in [3.8, 4) is 0 Å². The van der Waals surface area contributed by atoms with Crippen molar-refractivity contribution in [3.63, 3.8) is 0 Å². The molecule has 1 fully saturated rings. The Morgan fingerprint density at radius 2 is 1.95 bits per heavy atom. The van der Waals surface area contributed by atoms with Gasteiger partial charge in [-0.2, -0.15) is 13.2 Å². The second-order valence-electron chi connectivity index (χ2n) is 5.81. The summed E-state index contributed by atoms with van der Waals surface area (Å²) in [6.07, 6.45) is -5.04. The maximum Gasteiger partial charge on any atom is 0.410 e. The highest BCUT2D eigenvalue weighted by atomic mass is 19.4. The Hall–Kier alpha value is -0.980. The van der Waals surface area contributed by atoms with Crippen LogP contribution in [0.1, 0.15) is 27.2 Å². The van der Waals surface area contributed by atoms with Crippen molar-refractivity contribution in [3.05, 3.63) is 0 Å². The van der Waals surface area contributed by atoms with E-state index in [1.54, 1.807) is 20.8 Å². The summed E-state index contributed by atoms with van der Waals surface area (Å²) in [7, 11) is 0. The van der Waals surface area contributed by atoms with Crippen LogP contribution in [0.2, 0.25) is 0 Å². The van der Waals surface area contributed by atoms with Crippen molar-refractivity contribution < 1.29 is 27.8 Å². The fourth-order valence-corrected chi connectivity index (χ4v) is 2.08. The van der Waals surface area contributed by atoms with Gasteiger partial charge in [0.15, 0.2) is 0 Å².